The average molecular weight is 307 g/mol. The second kappa shape index (κ2) is 5.66. The number of aliphatic hydroxyl groups excluding tert-OH is 1. The van der Waals surface area contributed by atoms with Crippen molar-refractivity contribution in [3.63, 3.8) is 0 Å². The highest BCUT2D eigenvalue weighted by Crippen LogP contribution is 2.38. The summed E-state index contributed by atoms with van der Waals surface area (Å²) in [4.78, 5) is 0. The summed E-state index contributed by atoms with van der Waals surface area (Å²) in [5.74, 6) is -0.731. The summed E-state index contributed by atoms with van der Waals surface area (Å²) >= 11 is 0. The van der Waals surface area contributed by atoms with Gasteiger partial charge < -0.3 is 24.1 Å². The zero-order chi connectivity index (χ0) is 15.8. The van der Waals surface area contributed by atoms with Crippen LogP contribution in [0.15, 0.2) is 0 Å². The molecule has 0 unspecified atom stereocenters. The molecule has 1 heterocycles. The summed E-state index contributed by atoms with van der Waals surface area (Å²) in [5.41, 5.74) is -1.43. The maximum absolute atomic E-state index is 10.6. The van der Waals surface area contributed by atoms with Gasteiger partial charge in [0.15, 0.2) is 14.1 Å². The highest BCUT2D eigenvalue weighted by atomic mass is 28.4. The molecule has 0 aromatic carbocycles. The van der Waals surface area contributed by atoms with Crippen molar-refractivity contribution >= 4 is 8.32 Å². The fourth-order valence-corrected chi connectivity index (χ4v) is 2.76. The Balaban J connectivity index is 2.72. The van der Waals surface area contributed by atoms with Crippen LogP contribution in [-0.4, -0.2) is 55.8 Å². The summed E-state index contributed by atoms with van der Waals surface area (Å²) in [6.45, 7) is 14.1. The van der Waals surface area contributed by atoms with Gasteiger partial charge in [-0.25, -0.2) is 0 Å². The first-order valence-corrected chi connectivity index (χ1v) is 10.0. The van der Waals surface area contributed by atoms with Crippen LogP contribution in [0.1, 0.15) is 34.6 Å². The van der Waals surface area contributed by atoms with Crippen molar-refractivity contribution in [2.24, 2.45) is 0 Å². The Bertz CT molecular complexity index is 337. The number of rotatable bonds is 5. The molecule has 120 valence electrons. The standard InChI is InChI=1S/C14H30O5Si/c1-12(2,3)20(6,7)18-10-14(16,9-15)11-8-17-13(4,5)19-11/h11,15-16H,8-10H2,1-7H3/t11-,14+/m1/s1/i9+1. The molecule has 0 aromatic rings. The largest absolute Gasteiger partial charge is 0.414 e. The molecule has 0 saturated carbocycles. The monoisotopic (exact) mass is 307 g/mol. The first-order valence-electron chi connectivity index (χ1n) is 7.12. The van der Waals surface area contributed by atoms with Crippen LogP contribution in [0, 0.1) is 0 Å². The molecule has 0 aromatic heterocycles. The van der Waals surface area contributed by atoms with Crippen molar-refractivity contribution in [2.45, 2.75) is 70.2 Å². The molecular formula is C14H30O5Si. The Kier molecular flexibility index (Phi) is 5.12. The summed E-state index contributed by atoms with van der Waals surface area (Å²) < 4.78 is 17.1. The van der Waals surface area contributed by atoms with E-state index in [1.165, 1.54) is 0 Å². The fourth-order valence-electron chi connectivity index (χ4n) is 1.71. The summed E-state index contributed by atoms with van der Waals surface area (Å²) in [6, 6.07) is 0. The third kappa shape index (κ3) is 4.02. The predicted octanol–water partition coefficient (Wildman–Crippen LogP) is 1.88. The molecule has 1 saturated heterocycles. The smallest absolute Gasteiger partial charge is 0.192 e. The molecule has 5 nitrogen and oxygen atoms in total. The maximum atomic E-state index is 10.6. The van der Waals surface area contributed by atoms with Crippen LogP contribution >= 0.6 is 0 Å². The lowest BCUT2D eigenvalue weighted by molar-refractivity contribution is -0.185. The van der Waals surface area contributed by atoms with Crippen LogP contribution in [-0.2, 0) is 13.9 Å². The van der Waals surface area contributed by atoms with Crippen LogP contribution in [0.4, 0.5) is 0 Å². The van der Waals surface area contributed by atoms with E-state index >= 15 is 0 Å². The van der Waals surface area contributed by atoms with E-state index < -0.39 is 32.4 Å². The topological polar surface area (TPSA) is 68.2 Å². The van der Waals surface area contributed by atoms with Gasteiger partial charge in [0.25, 0.3) is 0 Å². The Labute approximate surface area is 123 Å². The maximum Gasteiger partial charge on any atom is 0.192 e. The second-order valence-corrected chi connectivity index (χ2v) is 12.4. The van der Waals surface area contributed by atoms with Crippen molar-refractivity contribution in [1.29, 1.82) is 0 Å². The van der Waals surface area contributed by atoms with Crippen molar-refractivity contribution in [3.05, 3.63) is 0 Å². The molecule has 0 spiro atoms. The molecule has 1 aliphatic rings. The van der Waals surface area contributed by atoms with Crippen LogP contribution < -0.4 is 0 Å². The molecule has 2 atom stereocenters. The van der Waals surface area contributed by atoms with Gasteiger partial charge in [0.2, 0.25) is 0 Å². The number of aliphatic hydroxyl groups is 2. The van der Waals surface area contributed by atoms with Gasteiger partial charge in [-0.15, -0.1) is 0 Å². The number of ether oxygens (including phenoxy) is 2. The van der Waals surface area contributed by atoms with Crippen molar-refractivity contribution in [3.8, 4) is 0 Å². The minimum Gasteiger partial charge on any atom is -0.414 e. The van der Waals surface area contributed by atoms with Crippen molar-refractivity contribution in [2.75, 3.05) is 19.8 Å². The van der Waals surface area contributed by atoms with E-state index in [1.807, 2.05) is 0 Å². The van der Waals surface area contributed by atoms with Gasteiger partial charge in [-0.1, -0.05) is 20.8 Å². The molecular weight excluding hydrogens is 277 g/mol. The quantitative estimate of drug-likeness (QED) is 0.599. The molecule has 0 amide bonds. The SMILES string of the molecule is CC1(C)OC[C@H]([C@@](O)(CO[Si](C)(C)C(C)(C)C)[13CH2]O)O1. The van der Waals surface area contributed by atoms with Gasteiger partial charge >= 0.3 is 0 Å². The number of hydrogen-bond acceptors (Lipinski definition) is 5. The van der Waals surface area contributed by atoms with E-state index in [2.05, 4.69) is 33.9 Å². The van der Waals surface area contributed by atoms with Crippen LogP contribution in [0.25, 0.3) is 0 Å². The molecule has 1 aliphatic heterocycles. The molecule has 0 aliphatic carbocycles. The van der Waals surface area contributed by atoms with E-state index in [4.69, 9.17) is 13.9 Å². The molecule has 1 rings (SSSR count). The fraction of sp³-hybridized carbons (Fsp3) is 1.00. The molecule has 6 heteroatoms. The van der Waals surface area contributed by atoms with Gasteiger partial charge in [-0.3, -0.25) is 0 Å². The lowest BCUT2D eigenvalue weighted by Gasteiger charge is -2.40. The van der Waals surface area contributed by atoms with Crippen molar-refractivity contribution < 1.29 is 24.1 Å². The highest BCUT2D eigenvalue weighted by Gasteiger charge is 2.48. The molecule has 20 heavy (non-hydrogen) atoms. The third-order valence-electron chi connectivity index (χ3n) is 4.37. The van der Waals surface area contributed by atoms with Crippen LogP contribution in [0.5, 0.6) is 0 Å². The third-order valence-corrected chi connectivity index (χ3v) is 8.85. The first kappa shape index (κ1) is 18.1. The second-order valence-electron chi connectivity index (χ2n) is 7.63. The lowest BCUT2D eigenvalue weighted by atomic mass is 10.1. The Morgan fingerprint density at radius 2 is 1.85 bits per heavy atom. The summed E-state index contributed by atoms with van der Waals surface area (Å²) in [7, 11) is -1.99. The van der Waals surface area contributed by atoms with Gasteiger partial charge in [0, 0.05) is 0 Å². The van der Waals surface area contributed by atoms with E-state index in [-0.39, 0.29) is 18.3 Å². The van der Waals surface area contributed by atoms with E-state index in [0.717, 1.165) is 0 Å². The summed E-state index contributed by atoms with van der Waals surface area (Å²) in [6.07, 6.45) is -0.577. The van der Waals surface area contributed by atoms with Crippen molar-refractivity contribution in [1.82, 2.24) is 0 Å². The van der Waals surface area contributed by atoms with Gasteiger partial charge in [-0.2, -0.15) is 0 Å². The average Bonchev–Trinajstić information content (AvgIpc) is 2.66. The number of hydrogen-bond donors (Lipinski definition) is 2. The Morgan fingerprint density at radius 3 is 2.20 bits per heavy atom. The zero-order valence-corrected chi connectivity index (χ0v) is 14.8. The first-order chi connectivity index (χ1) is 8.83. The van der Waals surface area contributed by atoms with E-state index in [0.29, 0.717) is 0 Å². The Morgan fingerprint density at radius 1 is 1.30 bits per heavy atom. The molecule has 1 fully saturated rings. The minimum atomic E-state index is -1.99. The molecule has 2 N–H and O–H groups in total. The molecule has 0 radical (unpaired) electrons. The van der Waals surface area contributed by atoms with Gasteiger partial charge in [-0.05, 0) is 32.0 Å². The van der Waals surface area contributed by atoms with E-state index in [1.54, 1.807) is 13.8 Å². The minimum absolute atomic E-state index is 0.0513. The highest BCUT2D eigenvalue weighted by molar-refractivity contribution is 6.74. The zero-order valence-electron chi connectivity index (χ0n) is 13.8. The van der Waals surface area contributed by atoms with Crippen LogP contribution in [0.3, 0.4) is 0 Å². The van der Waals surface area contributed by atoms with Gasteiger partial charge in [0.05, 0.1) is 19.8 Å². The van der Waals surface area contributed by atoms with Crippen LogP contribution in [0.2, 0.25) is 18.1 Å². The normalized spacial score (nSPS) is 26.6. The van der Waals surface area contributed by atoms with Gasteiger partial charge in [0.1, 0.15) is 11.7 Å². The summed E-state index contributed by atoms with van der Waals surface area (Å²) in [5, 5.41) is 20.2. The predicted molar refractivity (Wildman–Crippen MR) is 80.1 cm³/mol. The van der Waals surface area contributed by atoms with E-state index in [9.17, 15) is 10.2 Å². The lowest BCUT2D eigenvalue weighted by Crippen LogP contribution is -2.54. The molecule has 0 bridgehead atoms. The Hall–Kier alpha value is 0.0169.